The van der Waals surface area contributed by atoms with Crippen LogP contribution in [-0.4, -0.2) is 15.3 Å². The van der Waals surface area contributed by atoms with E-state index in [1.807, 2.05) is 67.8 Å². The zero-order valence-corrected chi connectivity index (χ0v) is 13.1. The number of fused-ring (bicyclic) bond motifs is 1. The van der Waals surface area contributed by atoms with Crippen molar-refractivity contribution in [2.45, 2.75) is 27.3 Å². The van der Waals surface area contributed by atoms with Crippen molar-refractivity contribution in [3.63, 3.8) is 0 Å². The second kappa shape index (κ2) is 5.64. The number of rotatable bonds is 3. The van der Waals surface area contributed by atoms with E-state index in [4.69, 9.17) is 0 Å². The summed E-state index contributed by atoms with van der Waals surface area (Å²) in [5, 5.41) is 2.97. The maximum Gasteiger partial charge on any atom is 0.270 e. The van der Waals surface area contributed by atoms with Crippen molar-refractivity contribution >= 4 is 11.6 Å². The number of imidazole rings is 1. The molecule has 0 aliphatic heterocycles. The van der Waals surface area contributed by atoms with Gasteiger partial charge in [-0.2, -0.15) is 0 Å². The van der Waals surface area contributed by atoms with Crippen molar-refractivity contribution in [2.24, 2.45) is 0 Å². The highest BCUT2D eigenvalue weighted by Gasteiger charge is 2.16. The SMILES string of the molecule is Cc1ccc(CNC(=O)c2c(C)nc3cc(C)ccn23)cc1. The number of hydrogen-bond acceptors (Lipinski definition) is 2. The normalized spacial score (nSPS) is 10.9. The second-order valence-electron chi connectivity index (χ2n) is 5.65. The van der Waals surface area contributed by atoms with Crippen molar-refractivity contribution in [1.29, 1.82) is 0 Å². The molecule has 1 aromatic carbocycles. The van der Waals surface area contributed by atoms with Crippen molar-refractivity contribution in [1.82, 2.24) is 14.7 Å². The van der Waals surface area contributed by atoms with Gasteiger partial charge in [0.15, 0.2) is 0 Å². The lowest BCUT2D eigenvalue weighted by Gasteiger charge is -2.07. The number of aryl methyl sites for hydroxylation is 3. The summed E-state index contributed by atoms with van der Waals surface area (Å²) in [6.45, 7) is 6.44. The number of nitrogens with one attached hydrogen (secondary N) is 1. The Balaban J connectivity index is 1.83. The van der Waals surface area contributed by atoms with Crippen LogP contribution in [0.25, 0.3) is 5.65 Å². The fourth-order valence-corrected chi connectivity index (χ4v) is 2.51. The summed E-state index contributed by atoms with van der Waals surface area (Å²) in [7, 11) is 0. The number of aromatic nitrogens is 2. The van der Waals surface area contributed by atoms with E-state index in [2.05, 4.69) is 10.3 Å². The van der Waals surface area contributed by atoms with Gasteiger partial charge in [0.25, 0.3) is 5.91 Å². The Morgan fingerprint density at radius 2 is 1.82 bits per heavy atom. The van der Waals surface area contributed by atoms with Crippen LogP contribution >= 0.6 is 0 Å². The van der Waals surface area contributed by atoms with Crippen LogP contribution in [0.15, 0.2) is 42.6 Å². The van der Waals surface area contributed by atoms with Crippen LogP contribution in [0.5, 0.6) is 0 Å². The van der Waals surface area contributed by atoms with Crippen molar-refractivity contribution in [3.8, 4) is 0 Å². The Hall–Kier alpha value is -2.62. The van der Waals surface area contributed by atoms with Gasteiger partial charge >= 0.3 is 0 Å². The molecule has 0 saturated carbocycles. The summed E-state index contributed by atoms with van der Waals surface area (Å²) in [5.74, 6) is -0.102. The van der Waals surface area contributed by atoms with Crippen LogP contribution < -0.4 is 5.32 Å². The van der Waals surface area contributed by atoms with Crippen LogP contribution in [0.2, 0.25) is 0 Å². The zero-order chi connectivity index (χ0) is 15.7. The molecule has 22 heavy (non-hydrogen) atoms. The summed E-state index contributed by atoms with van der Waals surface area (Å²) < 4.78 is 1.84. The first-order valence-electron chi connectivity index (χ1n) is 7.33. The van der Waals surface area contributed by atoms with Gasteiger partial charge in [0.2, 0.25) is 0 Å². The molecule has 0 bridgehead atoms. The molecule has 4 heteroatoms. The van der Waals surface area contributed by atoms with Gasteiger partial charge in [-0.1, -0.05) is 29.8 Å². The van der Waals surface area contributed by atoms with E-state index in [0.717, 1.165) is 22.5 Å². The van der Waals surface area contributed by atoms with Crippen LogP contribution in [0.4, 0.5) is 0 Å². The highest BCUT2D eigenvalue weighted by Crippen LogP contribution is 2.14. The van der Waals surface area contributed by atoms with Crippen LogP contribution in [0.3, 0.4) is 0 Å². The number of carbonyl (C=O) groups excluding carboxylic acids is 1. The molecule has 0 spiro atoms. The number of carbonyl (C=O) groups is 1. The van der Waals surface area contributed by atoms with Gasteiger partial charge in [0, 0.05) is 12.7 Å². The minimum absolute atomic E-state index is 0.102. The van der Waals surface area contributed by atoms with E-state index in [0.29, 0.717) is 12.2 Å². The molecule has 3 aromatic rings. The third kappa shape index (κ3) is 2.72. The van der Waals surface area contributed by atoms with Gasteiger partial charge in [0.05, 0.1) is 5.69 Å². The summed E-state index contributed by atoms with van der Waals surface area (Å²) >= 11 is 0. The van der Waals surface area contributed by atoms with E-state index in [-0.39, 0.29) is 5.91 Å². The van der Waals surface area contributed by atoms with Crippen molar-refractivity contribution < 1.29 is 4.79 Å². The first-order chi connectivity index (χ1) is 10.5. The first-order valence-corrected chi connectivity index (χ1v) is 7.33. The van der Waals surface area contributed by atoms with Gasteiger partial charge in [-0.15, -0.1) is 0 Å². The fourth-order valence-electron chi connectivity index (χ4n) is 2.51. The smallest absolute Gasteiger partial charge is 0.270 e. The lowest BCUT2D eigenvalue weighted by molar-refractivity contribution is 0.0944. The molecule has 4 nitrogen and oxygen atoms in total. The molecule has 3 rings (SSSR count). The van der Waals surface area contributed by atoms with Gasteiger partial charge in [-0.3, -0.25) is 9.20 Å². The Labute approximate surface area is 129 Å². The molecular weight excluding hydrogens is 274 g/mol. The number of benzene rings is 1. The number of amides is 1. The molecule has 0 saturated heterocycles. The summed E-state index contributed by atoms with van der Waals surface area (Å²) in [4.78, 5) is 17.0. The minimum atomic E-state index is -0.102. The van der Waals surface area contributed by atoms with Crippen molar-refractivity contribution in [2.75, 3.05) is 0 Å². The zero-order valence-electron chi connectivity index (χ0n) is 13.1. The monoisotopic (exact) mass is 293 g/mol. The highest BCUT2D eigenvalue weighted by atomic mass is 16.1. The average molecular weight is 293 g/mol. The number of nitrogens with zero attached hydrogens (tertiary/aromatic N) is 2. The van der Waals surface area contributed by atoms with Gasteiger partial charge < -0.3 is 5.32 Å². The number of pyridine rings is 1. The largest absolute Gasteiger partial charge is 0.347 e. The Morgan fingerprint density at radius 3 is 2.55 bits per heavy atom. The molecule has 0 fully saturated rings. The van der Waals surface area contributed by atoms with Crippen LogP contribution in [-0.2, 0) is 6.54 Å². The molecule has 0 aliphatic rings. The lowest BCUT2D eigenvalue weighted by atomic mass is 10.1. The maximum atomic E-state index is 12.5. The van der Waals surface area contributed by atoms with Crippen LogP contribution in [0, 0.1) is 20.8 Å². The van der Waals surface area contributed by atoms with Crippen molar-refractivity contribution in [3.05, 3.63) is 70.7 Å². The Morgan fingerprint density at radius 1 is 1.09 bits per heavy atom. The molecule has 0 radical (unpaired) electrons. The molecule has 1 N–H and O–H groups in total. The third-order valence-electron chi connectivity index (χ3n) is 3.74. The van der Waals surface area contributed by atoms with E-state index < -0.39 is 0 Å². The molecule has 0 aliphatic carbocycles. The van der Waals surface area contributed by atoms with E-state index in [1.54, 1.807) is 0 Å². The van der Waals surface area contributed by atoms with Gasteiger partial charge in [0.1, 0.15) is 11.3 Å². The molecular formula is C18H19N3O. The second-order valence-corrected chi connectivity index (χ2v) is 5.65. The minimum Gasteiger partial charge on any atom is -0.347 e. The summed E-state index contributed by atoms with van der Waals surface area (Å²) in [6, 6.07) is 12.1. The Bertz CT molecular complexity index is 831. The topological polar surface area (TPSA) is 46.4 Å². The van der Waals surface area contributed by atoms with E-state index in [9.17, 15) is 4.79 Å². The van der Waals surface area contributed by atoms with Gasteiger partial charge in [-0.05, 0) is 44.0 Å². The first kappa shape index (κ1) is 14.3. The molecule has 112 valence electrons. The molecule has 0 atom stereocenters. The average Bonchev–Trinajstić information content (AvgIpc) is 2.81. The lowest BCUT2D eigenvalue weighted by Crippen LogP contribution is -2.25. The van der Waals surface area contributed by atoms with Gasteiger partial charge in [-0.25, -0.2) is 4.98 Å². The fraction of sp³-hybridized carbons (Fsp3) is 0.222. The highest BCUT2D eigenvalue weighted by molar-refractivity contribution is 5.94. The molecule has 1 amide bonds. The predicted molar refractivity (Wildman–Crippen MR) is 87.0 cm³/mol. The standard InChI is InChI=1S/C18H19N3O/c1-12-4-6-15(7-5-12)11-19-18(22)17-14(3)20-16-10-13(2)8-9-21(16)17/h4-10H,11H2,1-3H3,(H,19,22). The third-order valence-corrected chi connectivity index (χ3v) is 3.74. The van der Waals surface area contributed by atoms with E-state index >= 15 is 0 Å². The summed E-state index contributed by atoms with van der Waals surface area (Å²) in [5.41, 5.74) is 5.57. The molecule has 0 unspecified atom stereocenters. The molecule has 2 aromatic heterocycles. The quantitative estimate of drug-likeness (QED) is 0.806. The number of hydrogen-bond donors (Lipinski definition) is 1. The van der Waals surface area contributed by atoms with E-state index in [1.165, 1.54) is 5.56 Å². The summed E-state index contributed by atoms with van der Waals surface area (Å²) in [6.07, 6.45) is 1.89. The predicted octanol–water partition coefficient (Wildman–Crippen LogP) is 3.19. The Kier molecular flexibility index (Phi) is 3.67. The molecule has 2 heterocycles. The van der Waals surface area contributed by atoms with Crippen LogP contribution in [0.1, 0.15) is 32.9 Å². The maximum absolute atomic E-state index is 12.5.